The van der Waals surface area contributed by atoms with E-state index in [0.29, 0.717) is 11.1 Å². The number of rotatable bonds is 6. The Morgan fingerprint density at radius 3 is 1.97 bits per heavy atom. The van der Waals surface area contributed by atoms with E-state index in [1.165, 1.54) is 44.1 Å². The number of hydrogen-bond donors (Lipinski definition) is 3. The molecule has 0 aliphatic heterocycles. The second-order valence-electron chi connectivity index (χ2n) is 10.5. The van der Waals surface area contributed by atoms with E-state index in [2.05, 4.69) is 34.9 Å². The van der Waals surface area contributed by atoms with Crippen molar-refractivity contribution in [2.75, 3.05) is 10.6 Å². The van der Waals surface area contributed by atoms with Gasteiger partial charge in [0.05, 0.1) is 11.3 Å². The molecule has 0 heterocycles. The van der Waals surface area contributed by atoms with Crippen molar-refractivity contribution in [2.24, 2.45) is 17.8 Å². The van der Waals surface area contributed by atoms with E-state index in [1.54, 1.807) is 18.2 Å². The Hall–Kier alpha value is -3.27. The predicted octanol–water partition coefficient (Wildman–Crippen LogP) is 7.34. The third-order valence-corrected chi connectivity index (χ3v) is 8.12. The summed E-state index contributed by atoms with van der Waals surface area (Å²) in [6, 6.07) is 24.0. The zero-order valence-corrected chi connectivity index (χ0v) is 18.8. The van der Waals surface area contributed by atoms with Gasteiger partial charge in [0.2, 0.25) is 0 Å². The minimum atomic E-state index is -0.938. The molecule has 4 aliphatic rings. The van der Waals surface area contributed by atoms with Crippen LogP contribution in [0.5, 0.6) is 0 Å². The summed E-state index contributed by atoms with van der Waals surface area (Å²) in [5.74, 6) is 1.92. The van der Waals surface area contributed by atoms with Gasteiger partial charge in [0.1, 0.15) is 0 Å². The fourth-order valence-corrected chi connectivity index (χ4v) is 7.15. The zero-order chi connectivity index (χ0) is 22.4. The molecule has 0 saturated heterocycles. The van der Waals surface area contributed by atoms with Crippen LogP contribution in [0.15, 0.2) is 72.8 Å². The summed E-state index contributed by atoms with van der Waals surface area (Å²) in [5, 5.41) is 16.2. The number of carbonyl (C=O) groups is 1. The van der Waals surface area contributed by atoms with Crippen LogP contribution in [0.25, 0.3) is 0 Å². The van der Waals surface area contributed by atoms with E-state index in [1.807, 2.05) is 30.3 Å². The average Bonchev–Trinajstić information content (AvgIpc) is 2.79. The molecule has 4 bridgehead atoms. The van der Waals surface area contributed by atoms with Crippen molar-refractivity contribution in [1.29, 1.82) is 0 Å². The van der Waals surface area contributed by atoms with Gasteiger partial charge < -0.3 is 15.7 Å². The summed E-state index contributed by atoms with van der Waals surface area (Å²) >= 11 is 0. The van der Waals surface area contributed by atoms with Crippen molar-refractivity contribution in [3.8, 4) is 0 Å². The number of carboxylic acid groups (broad SMARTS) is 1. The van der Waals surface area contributed by atoms with Crippen LogP contribution in [0.3, 0.4) is 0 Å². The van der Waals surface area contributed by atoms with Gasteiger partial charge in [-0.15, -0.1) is 0 Å². The molecule has 4 saturated carbocycles. The average molecular weight is 439 g/mol. The summed E-state index contributed by atoms with van der Waals surface area (Å²) in [5.41, 5.74) is 5.70. The lowest BCUT2D eigenvalue weighted by atomic mass is 9.48. The molecule has 4 nitrogen and oxygen atoms in total. The van der Waals surface area contributed by atoms with Crippen LogP contribution in [-0.2, 0) is 5.41 Å². The Labute approximate surface area is 195 Å². The highest BCUT2D eigenvalue weighted by Crippen LogP contribution is 2.60. The molecule has 168 valence electrons. The lowest BCUT2D eigenvalue weighted by Gasteiger charge is -2.57. The van der Waals surface area contributed by atoms with Crippen LogP contribution in [0, 0.1) is 17.8 Å². The van der Waals surface area contributed by atoms with Crippen molar-refractivity contribution in [1.82, 2.24) is 0 Å². The van der Waals surface area contributed by atoms with Gasteiger partial charge in [-0.3, -0.25) is 0 Å². The first kappa shape index (κ1) is 20.3. The standard InChI is InChI=1S/C29H30N2O2/c32-28(33)26-6-1-2-7-27(26)31-25-5-3-4-24(15-25)30-23-10-8-22(9-11-23)29-16-19-12-20(17-29)14-21(13-19)18-29/h1-11,15,19-21,30-31H,12-14,16-18H2,(H,32,33). The van der Waals surface area contributed by atoms with Gasteiger partial charge in [-0.05, 0) is 110 Å². The zero-order valence-electron chi connectivity index (χ0n) is 18.8. The molecule has 0 unspecified atom stereocenters. The van der Waals surface area contributed by atoms with Gasteiger partial charge in [0, 0.05) is 17.1 Å². The molecule has 33 heavy (non-hydrogen) atoms. The van der Waals surface area contributed by atoms with Gasteiger partial charge in [-0.1, -0.05) is 30.3 Å². The van der Waals surface area contributed by atoms with Crippen LogP contribution in [0.4, 0.5) is 22.7 Å². The maximum atomic E-state index is 11.5. The molecule has 0 radical (unpaired) electrons. The van der Waals surface area contributed by atoms with Gasteiger partial charge in [-0.25, -0.2) is 4.79 Å². The minimum absolute atomic E-state index is 0.260. The molecule has 0 amide bonds. The second-order valence-corrected chi connectivity index (χ2v) is 10.5. The third kappa shape index (κ3) is 3.88. The van der Waals surface area contributed by atoms with Crippen LogP contribution in [-0.4, -0.2) is 11.1 Å². The van der Waals surface area contributed by atoms with E-state index >= 15 is 0 Å². The van der Waals surface area contributed by atoms with E-state index in [-0.39, 0.29) is 5.56 Å². The largest absolute Gasteiger partial charge is 0.478 e. The highest BCUT2D eigenvalue weighted by atomic mass is 16.4. The third-order valence-electron chi connectivity index (χ3n) is 8.12. The first-order chi connectivity index (χ1) is 16.1. The number of anilines is 4. The molecule has 0 atom stereocenters. The Bertz CT molecular complexity index is 1150. The molecule has 0 aromatic heterocycles. The van der Waals surface area contributed by atoms with Crippen LogP contribution in [0.2, 0.25) is 0 Å². The topological polar surface area (TPSA) is 61.4 Å². The number of para-hydroxylation sites is 1. The first-order valence-electron chi connectivity index (χ1n) is 12.1. The van der Waals surface area contributed by atoms with Crippen LogP contribution >= 0.6 is 0 Å². The van der Waals surface area contributed by atoms with Crippen molar-refractivity contribution in [2.45, 2.75) is 43.9 Å². The van der Waals surface area contributed by atoms with Crippen molar-refractivity contribution in [3.63, 3.8) is 0 Å². The summed E-state index contributed by atoms with van der Waals surface area (Å²) in [6.45, 7) is 0. The van der Waals surface area contributed by atoms with Gasteiger partial charge >= 0.3 is 5.97 Å². The van der Waals surface area contributed by atoms with E-state index in [0.717, 1.165) is 34.8 Å². The number of nitrogens with one attached hydrogen (secondary N) is 2. The molecule has 4 aliphatic carbocycles. The molecule has 4 heteroatoms. The summed E-state index contributed by atoms with van der Waals surface area (Å²) in [7, 11) is 0. The monoisotopic (exact) mass is 438 g/mol. The second kappa shape index (κ2) is 7.95. The van der Waals surface area contributed by atoms with Crippen molar-refractivity contribution < 1.29 is 9.90 Å². The van der Waals surface area contributed by atoms with Crippen molar-refractivity contribution >= 4 is 28.7 Å². The summed E-state index contributed by atoms with van der Waals surface area (Å²) in [4.78, 5) is 11.5. The van der Waals surface area contributed by atoms with Crippen LogP contribution < -0.4 is 10.6 Å². The Kier molecular flexibility index (Phi) is 4.90. The smallest absolute Gasteiger partial charge is 0.337 e. The minimum Gasteiger partial charge on any atom is -0.478 e. The molecular weight excluding hydrogens is 408 g/mol. The normalized spacial score (nSPS) is 27.3. The maximum Gasteiger partial charge on any atom is 0.337 e. The van der Waals surface area contributed by atoms with Gasteiger partial charge in [0.25, 0.3) is 0 Å². The Balaban J connectivity index is 1.18. The maximum absolute atomic E-state index is 11.5. The molecular formula is C29H30N2O2. The van der Waals surface area contributed by atoms with Crippen LogP contribution in [0.1, 0.15) is 54.4 Å². The number of benzene rings is 3. The fraction of sp³-hybridized carbons (Fsp3) is 0.345. The molecule has 4 fully saturated rings. The Morgan fingerprint density at radius 1 is 0.727 bits per heavy atom. The summed E-state index contributed by atoms with van der Waals surface area (Å²) < 4.78 is 0. The fourth-order valence-electron chi connectivity index (χ4n) is 7.15. The van der Waals surface area contributed by atoms with E-state index < -0.39 is 5.97 Å². The predicted molar refractivity (Wildman–Crippen MR) is 133 cm³/mol. The Morgan fingerprint density at radius 2 is 1.33 bits per heavy atom. The molecule has 3 aromatic carbocycles. The lowest BCUT2D eigenvalue weighted by Crippen LogP contribution is -2.48. The number of carboxylic acids is 1. The van der Waals surface area contributed by atoms with Gasteiger partial charge in [-0.2, -0.15) is 0 Å². The highest BCUT2D eigenvalue weighted by Gasteiger charge is 2.51. The van der Waals surface area contributed by atoms with E-state index in [4.69, 9.17) is 0 Å². The lowest BCUT2D eigenvalue weighted by molar-refractivity contribution is -0.00518. The van der Waals surface area contributed by atoms with Gasteiger partial charge in [0.15, 0.2) is 0 Å². The molecule has 0 spiro atoms. The summed E-state index contributed by atoms with van der Waals surface area (Å²) in [6.07, 6.45) is 8.58. The first-order valence-corrected chi connectivity index (χ1v) is 12.1. The van der Waals surface area contributed by atoms with Crippen molar-refractivity contribution in [3.05, 3.63) is 83.9 Å². The van der Waals surface area contributed by atoms with E-state index in [9.17, 15) is 9.90 Å². The highest BCUT2D eigenvalue weighted by molar-refractivity contribution is 5.95. The number of hydrogen-bond acceptors (Lipinski definition) is 3. The molecule has 3 N–H and O–H groups in total. The quantitative estimate of drug-likeness (QED) is 0.377. The SMILES string of the molecule is O=C(O)c1ccccc1Nc1cccc(Nc2ccc(C34CC5CC(CC(C5)C3)C4)cc2)c1. The number of aromatic carboxylic acids is 1. The molecule has 7 rings (SSSR count). The molecule has 3 aromatic rings.